The average Bonchev–Trinajstić information content (AvgIpc) is 3.69. The summed E-state index contributed by atoms with van der Waals surface area (Å²) in [7, 11) is 0. The highest BCUT2D eigenvalue weighted by molar-refractivity contribution is 6.27. The minimum absolute atomic E-state index is 0.0169. The molecule has 0 fully saturated rings. The molecule has 0 radical (unpaired) electrons. The highest BCUT2D eigenvalue weighted by atomic mass is 16.3. The summed E-state index contributed by atoms with van der Waals surface area (Å²) in [6, 6.07) is 15.7. The third kappa shape index (κ3) is 3.90. The Hall–Kier alpha value is -6.18. The van der Waals surface area contributed by atoms with Crippen LogP contribution in [0.1, 0.15) is 20.6 Å². The summed E-state index contributed by atoms with van der Waals surface area (Å²) in [5.74, 6) is 0. The maximum atomic E-state index is 9.68. The first-order chi connectivity index (χ1) is 29.6. The summed E-state index contributed by atoms with van der Waals surface area (Å²) in [6.45, 7) is 0. The topological polar surface area (TPSA) is 13.1 Å². The van der Waals surface area contributed by atoms with Crippen LogP contribution in [-0.4, -0.2) is 0 Å². The first kappa shape index (κ1) is 15.4. The Morgan fingerprint density at radius 3 is 1.62 bits per heavy atom. The molecule has 0 aliphatic rings. The third-order valence-corrected chi connectivity index (χ3v) is 8.69. The molecule has 0 unspecified atom stereocenters. The zero-order valence-electron chi connectivity index (χ0n) is 39.4. The second-order valence-corrected chi connectivity index (χ2v) is 11.2. The van der Waals surface area contributed by atoms with Crippen LogP contribution in [0.4, 0.5) is 0 Å². The van der Waals surface area contributed by atoms with Gasteiger partial charge in [-0.1, -0.05) is 151 Å². The van der Waals surface area contributed by atoms with E-state index in [-0.39, 0.29) is 78.3 Å². The van der Waals surface area contributed by atoms with Crippen LogP contribution in [0, 0.1) is 0 Å². The van der Waals surface area contributed by atoms with Gasteiger partial charge in [-0.05, 0) is 94.6 Å². The molecule has 0 aliphatic heterocycles. The molecule has 0 spiro atoms. The summed E-state index contributed by atoms with van der Waals surface area (Å²) < 4.78 is 141. The number of rotatable bonds is 3. The molecule has 0 saturated carbocycles. The minimum Gasteiger partial charge on any atom is -0.456 e. The van der Waals surface area contributed by atoms with Crippen LogP contribution in [0.5, 0.6) is 0 Å². The molecule has 0 amide bonds. The fourth-order valence-corrected chi connectivity index (χ4v) is 6.72. The van der Waals surface area contributed by atoms with E-state index in [4.69, 9.17) is 16.8 Å². The van der Waals surface area contributed by atoms with Crippen molar-refractivity contribution in [2.45, 2.75) is 0 Å². The Bertz CT molecular complexity index is 3630. The van der Waals surface area contributed by atoms with Gasteiger partial charge in [0.1, 0.15) is 11.2 Å². The first-order valence-corrected chi connectivity index (χ1v) is 15.0. The van der Waals surface area contributed by atoms with Gasteiger partial charge < -0.3 is 4.42 Å². The van der Waals surface area contributed by atoms with Crippen molar-refractivity contribution in [3.63, 3.8) is 0 Å². The van der Waals surface area contributed by atoms with Gasteiger partial charge in [0.2, 0.25) is 0 Å². The highest BCUT2D eigenvalue weighted by Crippen LogP contribution is 2.48. The fourth-order valence-electron chi connectivity index (χ4n) is 6.72. The molecule has 0 aliphatic carbocycles. The van der Waals surface area contributed by atoms with Crippen LogP contribution in [-0.2, 0) is 0 Å². The monoisotopic (exact) mass is 611 g/mol. The number of benzene rings is 9. The van der Waals surface area contributed by atoms with Crippen LogP contribution >= 0.6 is 0 Å². The molecule has 10 rings (SSSR count). The molecule has 0 bridgehead atoms. The van der Waals surface area contributed by atoms with Gasteiger partial charge in [0.25, 0.3) is 0 Å². The lowest BCUT2D eigenvalue weighted by molar-refractivity contribution is 0.669. The van der Waals surface area contributed by atoms with Crippen LogP contribution in [0.3, 0.4) is 0 Å². The van der Waals surface area contributed by atoms with E-state index in [9.17, 15) is 8.22 Å². The molecular formula is C46H28O. The second kappa shape index (κ2) is 10.2. The van der Waals surface area contributed by atoms with Gasteiger partial charge in [-0.25, -0.2) is 0 Å². The summed E-state index contributed by atoms with van der Waals surface area (Å²) in [6.07, 6.45) is 0. The van der Waals surface area contributed by atoms with E-state index < -0.39 is 72.5 Å². The largest absolute Gasteiger partial charge is 0.456 e. The molecule has 1 heteroatoms. The molecule has 10 aromatic rings. The molecule has 1 aromatic heterocycles. The summed E-state index contributed by atoms with van der Waals surface area (Å²) in [5, 5.41) is 1.32. The Morgan fingerprint density at radius 1 is 0.383 bits per heavy atom. The van der Waals surface area contributed by atoms with E-state index in [1.807, 2.05) is 0 Å². The van der Waals surface area contributed by atoms with Crippen LogP contribution in [0.25, 0.3) is 98.4 Å². The van der Waals surface area contributed by atoms with Crippen molar-refractivity contribution in [1.82, 2.24) is 0 Å². The van der Waals surface area contributed by atoms with Gasteiger partial charge in [0, 0.05) is 10.8 Å². The maximum absolute atomic E-state index is 9.68. The third-order valence-electron chi connectivity index (χ3n) is 8.69. The van der Waals surface area contributed by atoms with Crippen molar-refractivity contribution in [3.8, 4) is 33.4 Å². The van der Waals surface area contributed by atoms with E-state index in [0.29, 0.717) is 38.2 Å². The number of hydrogen-bond acceptors (Lipinski definition) is 1. The Kier molecular flexibility index (Phi) is 3.33. The normalized spacial score (nSPS) is 16.3. The summed E-state index contributed by atoms with van der Waals surface area (Å²) in [4.78, 5) is 0. The highest BCUT2D eigenvalue weighted by Gasteiger charge is 2.21. The Morgan fingerprint density at radius 2 is 0.936 bits per heavy atom. The SMILES string of the molecule is [2H]c1c([2H])c(-c2c3ccccc3c(-c3c([2H])c([2H])c(-c4ccccc4)c4c([2H])c([2H])c([2H])c([2H])c34)c3ccccc23)c2c(oc3c([2H])c4c([2H])c([2H])c([2H])c([2H])c4c([2H])c32)c1[2H]. The number of furan rings is 1. The summed E-state index contributed by atoms with van der Waals surface area (Å²) >= 11 is 0. The van der Waals surface area contributed by atoms with Crippen LogP contribution in [0.15, 0.2) is 174 Å². The molecule has 218 valence electrons. The lowest BCUT2D eigenvalue weighted by Gasteiger charge is -2.20. The van der Waals surface area contributed by atoms with Gasteiger partial charge in [0.05, 0.1) is 20.6 Å². The van der Waals surface area contributed by atoms with Crippen LogP contribution in [0.2, 0.25) is 0 Å². The zero-order valence-corrected chi connectivity index (χ0v) is 24.4. The Labute approximate surface area is 293 Å². The fraction of sp³-hybridized carbons (Fsp3) is 0. The van der Waals surface area contributed by atoms with E-state index >= 15 is 0 Å². The molecule has 0 N–H and O–H groups in total. The molecular weight excluding hydrogens is 569 g/mol. The van der Waals surface area contributed by atoms with Gasteiger partial charge in [-0.3, -0.25) is 0 Å². The van der Waals surface area contributed by atoms with Gasteiger partial charge in [-0.2, -0.15) is 0 Å². The molecule has 47 heavy (non-hydrogen) atoms. The smallest absolute Gasteiger partial charge is 0.136 e. The lowest BCUT2D eigenvalue weighted by Crippen LogP contribution is -1.92. The number of fused-ring (bicyclic) bond motifs is 7. The van der Waals surface area contributed by atoms with E-state index in [0.717, 1.165) is 0 Å². The first-order valence-electron chi connectivity index (χ1n) is 22.5. The van der Waals surface area contributed by atoms with E-state index in [2.05, 4.69) is 0 Å². The van der Waals surface area contributed by atoms with Crippen molar-refractivity contribution in [3.05, 3.63) is 169 Å². The zero-order chi connectivity index (χ0) is 44.0. The molecule has 1 heterocycles. The summed E-state index contributed by atoms with van der Waals surface area (Å²) in [5.41, 5.74) is 1.02. The van der Waals surface area contributed by atoms with Gasteiger partial charge >= 0.3 is 0 Å². The second-order valence-electron chi connectivity index (χ2n) is 11.2. The van der Waals surface area contributed by atoms with Crippen molar-refractivity contribution >= 4 is 65.0 Å². The maximum Gasteiger partial charge on any atom is 0.136 e. The number of hydrogen-bond donors (Lipinski definition) is 0. The average molecular weight is 612 g/mol. The molecule has 1 nitrogen and oxygen atoms in total. The van der Waals surface area contributed by atoms with Gasteiger partial charge in [0.15, 0.2) is 0 Å². The Balaban J connectivity index is 1.44. The molecule has 9 aromatic carbocycles. The van der Waals surface area contributed by atoms with E-state index in [1.54, 1.807) is 78.9 Å². The van der Waals surface area contributed by atoms with E-state index in [1.165, 1.54) is 0 Å². The molecule has 0 atom stereocenters. The van der Waals surface area contributed by atoms with Crippen molar-refractivity contribution in [2.24, 2.45) is 0 Å². The van der Waals surface area contributed by atoms with Crippen LogP contribution < -0.4 is 0 Å². The quantitative estimate of drug-likeness (QED) is 0.181. The van der Waals surface area contributed by atoms with Crippen molar-refractivity contribution in [2.75, 3.05) is 0 Å². The van der Waals surface area contributed by atoms with Gasteiger partial charge in [-0.15, -0.1) is 0 Å². The predicted octanol–water partition coefficient (Wildman–Crippen LogP) is 13.2. The standard InChI is InChI=1S/C46H28O/c1-2-13-29(14-3-1)32-25-26-39(34-18-7-6-17-33(32)34)44-35-19-8-10-21-37(35)45(38-22-11-9-20-36(38)44)40-23-12-24-42-46(40)41-27-30-15-4-5-16-31(30)28-43(41)47-42/h1-28H/i4D,5D,6D,7D,12D,15D,16D,17D,18D,23D,24D,25D,26D,27D,28D. The van der Waals surface area contributed by atoms with Crippen molar-refractivity contribution < 1.29 is 25.0 Å². The predicted molar refractivity (Wildman–Crippen MR) is 200 cm³/mol. The minimum atomic E-state index is -0.607. The molecule has 0 saturated heterocycles. The lowest BCUT2D eigenvalue weighted by atomic mass is 9.83. The van der Waals surface area contributed by atoms with Crippen molar-refractivity contribution in [1.29, 1.82) is 0 Å².